The van der Waals surface area contributed by atoms with E-state index in [1.165, 1.54) is 0 Å². The zero-order chi connectivity index (χ0) is 13.0. The number of amides is 2. The van der Waals surface area contributed by atoms with Crippen LogP contribution in [0.1, 0.15) is 19.3 Å². The Morgan fingerprint density at radius 1 is 1.47 bits per heavy atom. The maximum Gasteiger partial charge on any atom is 0.242 e. The minimum atomic E-state index is -0.285. The van der Waals surface area contributed by atoms with Gasteiger partial charge >= 0.3 is 0 Å². The van der Waals surface area contributed by atoms with Crippen LogP contribution in [0.15, 0.2) is 0 Å². The van der Waals surface area contributed by atoms with Gasteiger partial charge in [0, 0.05) is 32.6 Å². The molecular weight excluding hydrogens is 270 g/mol. The quantitative estimate of drug-likeness (QED) is 0.737. The van der Waals surface area contributed by atoms with Gasteiger partial charge in [-0.05, 0) is 12.8 Å². The number of hydrogen-bond acceptors (Lipinski definition) is 4. The predicted molar refractivity (Wildman–Crippen MR) is 73.3 cm³/mol. The highest BCUT2D eigenvalue weighted by atomic mass is 35.5. The number of nitrogens with zero attached hydrogens (tertiary/aromatic N) is 1. The fourth-order valence-corrected chi connectivity index (χ4v) is 2.58. The lowest BCUT2D eigenvalue weighted by Crippen LogP contribution is -2.49. The number of carbonyl (C=O) groups excluding carboxylic acids is 2. The summed E-state index contributed by atoms with van der Waals surface area (Å²) in [6.07, 6.45) is 2.08. The van der Waals surface area contributed by atoms with Gasteiger partial charge in [-0.15, -0.1) is 12.4 Å². The van der Waals surface area contributed by atoms with Crippen LogP contribution in [0.2, 0.25) is 0 Å². The maximum absolute atomic E-state index is 12.2. The molecule has 2 heterocycles. The van der Waals surface area contributed by atoms with Gasteiger partial charge < -0.3 is 20.3 Å². The number of hydrogen-bond donors (Lipinski definition) is 2. The molecule has 7 heteroatoms. The van der Waals surface area contributed by atoms with Gasteiger partial charge in [-0.1, -0.05) is 0 Å². The molecular formula is C12H22ClN3O3. The molecule has 2 amide bonds. The summed E-state index contributed by atoms with van der Waals surface area (Å²) < 4.78 is 5.33. The van der Waals surface area contributed by atoms with Crippen LogP contribution in [0, 0.1) is 0 Å². The Hall–Kier alpha value is -0.850. The Kier molecular flexibility index (Phi) is 6.54. The van der Waals surface area contributed by atoms with Gasteiger partial charge in [0.25, 0.3) is 0 Å². The van der Waals surface area contributed by atoms with Gasteiger partial charge in [0.2, 0.25) is 11.8 Å². The second kappa shape index (κ2) is 7.67. The summed E-state index contributed by atoms with van der Waals surface area (Å²) in [5.74, 6) is -0.0159. The van der Waals surface area contributed by atoms with E-state index in [0.29, 0.717) is 26.2 Å². The topological polar surface area (TPSA) is 70.7 Å². The highest BCUT2D eigenvalue weighted by Gasteiger charge is 2.34. The zero-order valence-corrected chi connectivity index (χ0v) is 12.0. The van der Waals surface area contributed by atoms with Crippen molar-refractivity contribution in [1.29, 1.82) is 0 Å². The van der Waals surface area contributed by atoms with Crippen molar-refractivity contribution in [2.45, 2.75) is 31.3 Å². The normalized spacial score (nSPS) is 26.7. The molecule has 110 valence electrons. The lowest BCUT2D eigenvalue weighted by molar-refractivity contribution is -0.139. The van der Waals surface area contributed by atoms with E-state index in [1.807, 2.05) is 0 Å². The molecule has 0 aromatic heterocycles. The number of morpholine rings is 1. The fraction of sp³-hybridized carbons (Fsp3) is 0.833. The van der Waals surface area contributed by atoms with Crippen molar-refractivity contribution in [3.05, 3.63) is 0 Å². The molecule has 2 aliphatic rings. The first-order valence-corrected chi connectivity index (χ1v) is 6.54. The summed E-state index contributed by atoms with van der Waals surface area (Å²) >= 11 is 0. The molecule has 19 heavy (non-hydrogen) atoms. The van der Waals surface area contributed by atoms with E-state index in [4.69, 9.17) is 4.74 Å². The number of ether oxygens (including phenoxy) is 1. The third-order valence-corrected chi connectivity index (χ3v) is 3.54. The van der Waals surface area contributed by atoms with E-state index in [2.05, 4.69) is 10.6 Å². The minimum Gasteiger partial charge on any atom is -0.378 e. The summed E-state index contributed by atoms with van der Waals surface area (Å²) in [4.78, 5) is 25.6. The summed E-state index contributed by atoms with van der Waals surface area (Å²) in [6, 6.07) is -0.204. The smallest absolute Gasteiger partial charge is 0.242 e. The first-order valence-electron chi connectivity index (χ1n) is 6.54. The van der Waals surface area contributed by atoms with Gasteiger partial charge in [-0.2, -0.15) is 0 Å². The Balaban J connectivity index is 0.00000180. The number of likely N-dealkylation sites (N-methyl/N-ethyl adjacent to an activating group) is 1. The van der Waals surface area contributed by atoms with E-state index >= 15 is 0 Å². The summed E-state index contributed by atoms with van der Waals surface area (Å²) in [5, 5.41) is 5.88. The van der Waals surface area contributed by atoms with Gasteiger partial charge in [0.05, 0.1) is 13.2 Å². The molecule has 2 unspecified atom stereocenters. The molecule has 2 fully saturated rings. The molecule has 2 rings (SSSR count). The average molecular weight is 292 g/mol. The van der Waals surface area contributed by atoms with Crippen LogP contribution in [0.4, 0.5) is 0 Å². The Morgan fingerprint density at radius 3 is 2.89 bits per heavy atom. The van der Waals surface area contributed by atoms with Crippen molar-refractivity contribution in [2.75, 3.05) is 33.4 Å². The van der Waals surface area contributed by atoms with Crippen LogP contribution in [0.3, 0.4) is 0 Å². The minimum absolute atomic E-state index is 0. The first kappa shape index (κ1) is 16.2. The van der Waals surface area contributed by atoms with Crippen molar-refractivity contribution < 1.29 is 14.3 Å². The molecule has 0 aliphatic carbocycles. The van der Waals surface area contributed by atoms with Crippen LogP contribution < -0.4 is 10.6 Å². The van der Waals surface area contributed by atoms with Crippen LogP contribution in [0.5, 0.6) is 0 Å². The lowest BCUT2D eigenvalue weighted by Gasteiger charge is -2.28. The van der Waals surface area contributed by atoms with Crippen LogP contribution in [-0.2, 0) is 14.3 Å². The number of likely N-dealkylation sites (tertiary alicyclic amines) is 1. The molecule has 2 N–H and O–H groups in total. The zero-order valence-electron chi connectivity index (χ0n) is 11.2. The number of rotatable bonds is 3. The molecule has 6 nitrogen and oxygen atoms in total. The molecule has 2 atom stereocenters. The summed E-state index contributed by atoms with van der Waals surface area (Å²) in [7, 11) is 1.61. The number of carbonyl (C=O) groups is 2. The maximum atomic E-state index is 12.2. The number of nitrogens with one attached hydrogen (secondary N) is 2. The van der Waals surface area contributed by atoms with E-state index in [9.17, 15) is 9.59 Å². The Morgan fingerprint density at radius 2 is 2.26 bits per heavy atom. The Labute approximate surface area is 119 Å². The fourth-order valence-electron chi connectivity index (χ4n) is 2.58. The van der Waals surface area contributed by atoms with Gasteiger partial charge in [-0.25, -0.2) is 0 Å². The summed E-state index contributed by atoms with van der Waals surface area (Å²) in [5.41, 5.74) is 0. The average Bonchev–Trinajstić information content (AvgIpc) is 2.88. The molecule has 0 aromatic rings. The van der Waals surface area contributed by atoms with E-state index < -0.39 is 0 Å². The van der Waals surface area contributed by atoms with Crippen molar-refractivity contribution in [2.24, 2.45) is 0 Å². The highest BCUT2D eigenvalue weighted by molar-refractivity contribution is 5.88. The molecule has 0 aromatic carbocycles. The third-order valence-electron chi connectivity index (χ3n) is 3.54. The molecule has 0 bridgehead atoms. The van der Waals surface area contributed by atoms with Gasteiger partial charge in [-0.3, -0.25) is 9.59 Å². The molecule has 0 radical (unpaired) electrons. The van der Waals surface area contributed by atoms with Crippen molar-refractivity contribution in [3.8, 4) is 0 Å². The standard InChI is InChI=1S/C12H21N3O3.ClH/c1-13-12(17)10-3-2-5-15(10)11(16)7-9-8-18-6-4-14-9;/h9-10,14H,2-8H2,1H3,(H,13,17);1H. The van der Waals surface area contributed by atoms with Crippen LogP contribution >= 0.6 is 12.4 Å². The van der Waals surface area contributed by atoms with Gasteiger partial charge in [0.1, 0.15) is 6.04 Å². The van der Waals surface area contributed by atoms with Crippen molar-refractivity contribution >= 4 is 24.2 Å². The highest BCUT2D eigenvalue weighted by Crippen LogP contribution is 2.19. The van der Waals surface area contributed by atoms with E-state index in [-0.39, 0.29) is 36.3 Å². The SMILES string of the molecule is CNC(=O)C1CCCN1C(=O)CC1COCCN1.Cl. The summed E-state index contributed by atoms with van der Waals surface area (Å²) in [6.45, 7) is 2.75. The van der Waals surface area contributed by atoms with Gasteiger partial charge in [0.15, 0.2) is 0 Å². The predicted octanol–water partition coefficient (Wildman–Crippen LogP) is -0.476. The second-order valence-electron chi connectivity index (χ2n) is 4.79. The van der Waals surface area contributed by atoms with E-state index in [1.54, 1.807) is 11.9 Å². The monoisotopic (exact) mass is 291 g/mol. The second-order valence-corrected chi connectivity index (χ2v) is 4.79. The molecule has 2 aliphatic heterocycles. The van der Waals surface area contributed by atoms with Crippen molar-refractivity contribution in [3.63, 3.8) is 0 Å². The third kappa shape index (κ3) is 4.06. The molecule has 0 spiro atoms. The van der Waals surface area contributed by atoms with Crippen LogP contribution in [0.25, 0.3) is 0 Å². The number of halogens is 1. The van der Waals surface area contributed by atoms with E-state index in [0.717, 1.165) is 19.4 Å². The molecule has 2 saturated heterocycles. The van der Waals surface area contributed by atoms with Crippen molar-refractivity contribution in [1.82, 2.24) is 15.5 Å². The first-order chi connectivity index (χ1) is 8.72. The Bertz CT molecular complexity index is 321. The van der Waals surface area contributed by atoms with Crippen LogP contribution in [-0.4, -0.2) is 62.1 Å². The largest absolute Gasteiger partial charge is 0.378 e. The molecule has 0 saturated carbocycles. The lowest BCUT2D eigenvalue weighted by atomic mass is 10.1.